The van der Waals surface area contributed by atoms with Crippen molar-refractivity contribution in [2.45, 2.75) is 6.92 Å². The van der Waals surface area contributed by atoms with Gasteiger partial charge in [0, 0.05) is 28.5 Å². The second kappa shape index (κ2) is 7.49. The van der Waals surface area contributed by atoms with Gasteiger partial charge in [-0.1, -0.05) is 54.2 Å². The van der Waals surface area contributed by atoms with Gasteiger partial charge in [0.25, 0.3) is 0 Å². The van der Waals surface area contributed by atoms with E-state index in [9.17, 15) is 4.79 Å². The fraction of sp³-hybridized carbons (Fsp3) is 0.0952. The van der Waals surface area contributed by atoms with Crippen LogP contribution in [0.5, 0.6) is 0 Å². The lowest BCUT2D eigenvalue weighted by atomic mass is 10.0. The van der Waals surface area contributed by atoms with Crippen LogP contribution in [0.4, 0.5) is 0 Å². The number of nitriles is 1. The lowest BCUT2D eigenvalue weighted by molar-refractivity contribution is 0.101. The molecule has 3 rings (SSSR count). The summed E-state index contributed by atoms with van der Waals surface area (Å²) < 4.78 is 5.45. The van der Waals surface area contributed by atoms with E-state index in [0.717, 1.165) is 16.7 Å². The highest BCUT2D eigenvalue weighted by atomic mass is 16.5. The quantitative estimate of drug-likeness (QED) is 0.533. The standard InChI is InChI=1S/C21H17N3O2/c1-14(23-11-10-22)18-4-3-5-19(12-18)20-13-21(26-24-20)17-8-6-16(7-9-17)15(2)25/h3-9,12-13,23H,1,11H2,2H3. The summed E-state index contributed by atoms with van der Waals surface area (Å²) in [6, 6.07) is 18.8. The fourth-order valence-corrected chi connectivity index (χ4v) is 2.53. The van der Waals surface area contributed by atoms with Crippen molar-refractivity contribution in [2.24, 2.45) is 0 Å². The normalized spacial score (nSPS) is 10.2. The van der Waals surface area contributed by atoms with Crippen molar-refractivity contribution in [2.75, 3.05) is 6.54 Å². The van der Waals surface area contributed by atoms with Crippen LogP contribution in [0.15, 0.2) is 65.7 Å². The fourth-order valence-electron chi connectivity index (χ4n) is 2.53. The molecule has 0 atom stereocenters. The molecule has 0 aliphatic heterocycles. The average molecular weight is 343 g/mol. The molecule has 0 unspecified atom stereocenters. The number of benzene rings is 2. The largest absolute Gasteiger partial charge is 0.372 e. The number of aromatic nitrogens is 1. The topological polar surface area (TPSA) is 78.9 Å². The maximum absolute atomic E-state index is 11.4. The molecule has 0 aliphatic carbocycles. The smallest absolute Gasteiger partial charge is 0.167 e. The Bertz CT molecular complexity index is 995. The van der Waals surface area contributed by atoms with Gasteiger partial charge in [-0.3, -0.25) is 4.79 Å². The van der Waals surface area contributed by atoms with Crippen LogP contribution < -0.4 is 5.32 Å². The van der Waals surface area contributed by atoms with E-state index in [4.69, 9.17) is 9.78 Å². The molecule has 1 aromatic heterocycles. The lowest BCUT2D eigenvalue weighted by Gasteiger charge is -2.07. The third-order valence-electron chi connectivity index (χ3n) is 3.97. The van der Waals surface area contributed by atoms with Gasteiger partial charge in [-0.05, 0) is 18.6 Å². The summed E-state index contributed by atoms with van der Waals surface area (Å²) in [6.45, 7) is 5.68. The van der Waals surface area contributed by atoms with Gasteiger partial charge in [-0.2, -0.15) is 5.26 Å². The highest BCUT2D eigenvalue weighted by Gasteiger charge is 2.10. The molecular weight excluding hydrogens is 326 g/mol. The van der Waals surface area contributed by atoms with E-state index in [-0.39, 0.29) is 12.3 Å². The summed E-state index contributed by atoms with van der Waals surface area (Å²) in [7, 11) is 0. The molecule has 1 heterocycles. The minimum atomic E-state index is 0.0249. The summed E-state index contributed by atoms with van der Waals surface area (Å²) in [4.78, 5) is 11.4. The summed E-state index contributed by atoms with van der Waals surface area (Å²) in [5.41, 5.74) is 4.66. The Kier molecular flexibility index (Phi) is 4.95. The summed E-state index contributed by atoms with van der Waals surface area (Å²) >= 11 is 0. The molecule has 128 valence electrons. The van der Waals surface area contributed by atoms with Crippen LogP contribution in [-0.2, 0) is 0 Å². The van der Waals surface area contributed by atoms with E-state index in [1.807, 2.05) is 48.5 Å². The summed E-state index contributed by atoms with van der Waals surface area (Å²) in [5.74, 6) is 0.652. The molecule has 5 heteroatoms. The second-order valence-corrected chi connectivity index (χ2v) is 5.78. The first-order valence-electron chi connectivity index (χ1n) is 8.07. The van der Waals surface area contributed by atoms with Crippen molar-refractivity contribution in [3.05, 3.63) is 72.3 Å². The van der Waals surface area contributed by atoms with Crippen molar-refractivity contribution < 1.29 is 9.32 Å². The maximum atomic E-state index is 11.4. The highest BCUT2D eigenvalue weighted by Crippen LogP contribution is 2.27. The SMILES string of the molecule is C=C(NCC#N)c1cccc(-c2cc(-c3ccc(C(C)=O)cc3)on2)c1. The van der Waals surface area contributed by atoms with E-state index in [2.05, 4.69) is 17.1 Å². The molecule has 0 fully saturated rings. The van der Waals surface area contributed by atoms with Crippen LogP contribution in [0.1, 0.15) is 22.8 Å². The maximum Gasteiger partial charge on any atom is 0.167 e. The van der Waals surface area contributed by atoms with E-state index in [1.54, 1.807) is 12.1 Å². The van der Waals surface area contributed by atoms with E-state index >= 15 is 0 Å². The molecule has 0 amide bonds. The van der Waals surface area contributed by atoms with Crippen LogP contribution in [0.25, 0.3) is 28.3 Å². The number of nitrogens with zero attached hydrogens (tertiary/aromatic N) is 2. The Labute approximate surface area is 151 Å². The molecule has 0 bridgehead atoms. The molecule has 26 heavy (non-hydrogen) atoms. The van der Waals surface area contributed by atoms with Gasteiger partial charge in [0.05, 0.1) is 6.07 Å². The Hall–Kier alpha value is -3.65. The first-order chi connectivity index (χ1) is 12.6. The zero-order valence-corrected chi connectivity index (χ0v) is 14.3. The summed E-state index contributed by atoms with van der Waals surface area (Å²) in [6.07, 6.45) is 0. The number of ketones is 1. The monoisotopic (exact) mass is 343 g/mol. The Morgan fingerprint density at radius 1 is 1.15 bits per heavy atom. The van der Waals surface area contributed by atoms with Crippen molar-refractivity contribution in [3.63, 3.8) is 0 Å². The molecule has 0 aliphatic rings. The van der Waals surface area contributed by atoms with E-state index < -0.39 is 0 Å². The predicted molar refractivity (Wildman–Crippen MR) is 100 cm³/mol. The zero-order valence-electron chi connectivity index (χ0n) is 14.3. The van der Waals surface area contributed by atoms with Gasteiger partial charge in [0.1, 0.15) is 12.2 Å². The number of carbonyl (C=O) groups is 1. The van der Waals surface area contributed by atoms with Gasteiger partial charge < -0.3 is 9.84 Å². The Morgan fingerprint density at radius 2 is 1.92 bits per heavy atom. The van der Waals surface area contributed by atoms with Crippen LogP contribution in [0.2, 0.25) is 0 Å². The Morgan fingerprint density at radius 3 is 2.62 bits per heavy atom. The van der Waals surface area contributed by atoms with Gasteiger partial charge in [0.15, 0.2) is 11.5 Å². The number of hydrogen-bond donors (Lipinski definition) is 1. The minimum Gasteiger partial charge on any atom is -0.372 e. The number of hydrogen-bond acceptors (Lipinski definition) is 5. The molecule has 0 radical (unpaired) electrons. The molecule has 0 saturated heterocycles. The van der Waals surface area contributed by atoms with Gasteiger partial charge in [-0.25, -0.2) is 0 Å². The third-order valence-corrected chi connectivity index (χ3v) is 3.97. The van der Waals surface area contributed by atoms with Crippen LogP contribution in [-0.4, -0.2) is 17.5 Å². The number of rotatable bonds is 6. The average Bonchev–Trinajstić information content (AvgIpc) is 3.16. The molecule has 3 aromatic rings. The zero-order chi connectivity index (χ0) is 18.5. The predicted octanol–water partition coefficient (Wildman–Crippen LogP) is 4.30. The van der Waals surface area contributed by atoms with Crippen LogP contribution in [0.3, 0.4) is 0 Å². The van der Waals surface area contributed by atoms with Crippen LogP contribution >= 0.6 is 0 Å². The number of carbonyl (C=O) groups excluding carboxylic acids is 1. The molecule has 2 aromatic carbocycles. The van der Waals surface area contributed by atoms with Crippen molar-refractivity contribution in [3.8, 4) is 28.7 Å². The van der Waals surface area contributed by atoms with Crippen molar-refractivity contribution >= 4 is 11.5 Å². The minimum absolute atomic E-state index is 0.0249. The van der Waals surface area contributed by atoms with E-state index in [0.29, 0.717) is 22.7 Å². The molecule has 1 N–H and O–H groups in total. The number of Topliss-reactive ketones (excluding diaryl/α,β-unsaturated/α-hetero) is 1. The molecule has 0 spiro atoms. The number of nitrogens with one attached hydrogen (secondary N) is 1. The Balaban J connectivity index is 1.85. The van der Waals surface area contributed by atoms with Gasteiger partial charge in [-0.15, -0.1) is 0 Å². The second-order valence-electron chi connectivity index (χ2n) is 5.78. The van der Waals surface area contributed by atoms with Gasteiger partial charge in [0.2, 0.25) is 0 Å². The first-order valence-corrected chi connectivity index (χ1v) is 8.07. The molecule has 5 nitrogen and oxygen atoms in total. The van der Waals surface area contributed by atoms with E-state index in [1.165, 1.54) is 6.92 Å². The van der Waals surface area contributed by atoms with Crippen molar-refractivity contribution in [1.82, 2.24) is 10.5 Å². The summed E-state index contributed by atoms with van der Waals surface area (Å²) in [5, 5.41) is 15.7. The third kappa shape index (κ3) is 3.70. The van der Waals surface area contributed by atoms with Gasteiger partial charge >= 0.3 is 0 Å². The lowest BCUT2D eigenvalue weighted by Crippen LogP contribution is -2.10. The highest BCUT2D eigenvalue weighted by molar-refractivity contribution is 5.94. The first kappa shape index (κ1) is 17.2. The van der Waals surface area contributed by atoms with Crippen LogP contribution in [0, 0.1) is 11.3 Å². The molecule has 0 saturated carbocycles. The van der Waals surface area contributed by atoms with Crippen molar-refractivity contribution in [1.29, 1.82) is 5.26 Å². The molecular formula is C21H17N3O2.